The number of aliphatic hydroxyl groups excluding tert-OH is 2. The molecule has 268 valence electrons. The Morgan fingerprint density at radius 2 is 1.63 bits per heavy atom. The molecule has 2 atom stereocenters. The number of aryl methyl sites for hydroxylation is 1. The molecule has 1 aromatic heterocycles. The van der Waals surface area contributed by atoms with Crippen molar-refractivity contribution < 1.29 is 24.6 Å². The van der Waals surface area contributed by atoms with Gasteiger partial charge < -0.3 is 25.3 Å². The maximum atomic E-state index is 14.6. The number of fused-ring (bicyclic) bond motifs is 1. The van der Waals surface area contributed by atoms with Crippen molar-refractivity contribution in [1.29, 1.82) is 0 Å². The van der Waals surface area contributed by atoms with E-state index in [9.17, 15) is 24.6 Å². The van der Waals surface area contributed by atoms with E-state index in [-0.39, 0.29) is 36.2 Å². The Balaban J connectivity index is 1.53. The van der Waals surface area contributed by atoms with Crippen LogP contribution in [0.15, 0.2) is 91.2 Å². The number of hydrogen-bond donors (Lipinski definition) is 3. The van der Waals surface area contributed by atoms with E-state index in [0.717, 1.165) is 42.4 Å². The van der Waals surface area contributed by atoms with Crippen molar-refractivity contribution >= 4 is 23.4 Å². The number of unbranched alkanes of at least 4 members (excludes halogenated alkanes) is 2. The smallest absolute Gasteiger partial charge is 0.274 e. The minimum atomic E-state index is -0.922. The number of carbonyl (C=O) groups is 3. The minimum Gasteiger partial charge on any atom is -0.512 e. The summed E-state index contributed by atoms with van der Waals surface area (Å²) < 4.78 is 1.60. The van der Waals surface area contributed by atoms with E-state index >= 15 is 0 Å². The Bertz CT molecular complexity index is 1840. The fraction of sp³-hybridized carbons (Fsp3) is 0.366. The van der Waals surface area contributed by atoms with Crippen LogP contribution in [0.4, 0.5) is 5.69 Å². The predicted octanol–water partition coefficient (Wildman–Crippen LogP) is 6.65. The van der Waals surface area contributed by atoms with Crippen molar-refractivity contribution in [3.63, 3.8) is 0 Å². The van der Waals surface area contributed by atoms with Gasteiger partial charge >= 0.3 is 0 Å². The number of aliphatic hydroxyl groups is 2. The monoisotopic (exact) mass is 691 g/mol. The third-order valence-corrected chi connectivity index (χ3v) is 9.51. The van der Waals surface area contributed by atoms with Crippen LogP contribution in [0.25, 0.3) is 5.69 Å². The highest BCUT2D eigenvalue weighted by molar-refractivity contribution is 6.01. The Hall–Kier alpha value is -5.22. The van der Waals surface area contributed by atoms with Crippen molar-refractivity contribution in [1.82, 2.24) is 19.6 Å². The third kappa shape index (κ3) is 8.75. The van der Waals surface area contributed by atoms with Crippen molar-refractivity contribution in [2.45, 2.75) is 71.9 Å². The lowest BCUT2D eigenvalue weighted by atomic mass is 9.93. The number of carbonyl (C=O) groups excluding carboxylic acids is 3. The molecule has 0 saturated carbocycles. The van der Waals surface area contributed by atoms with Gasteiger partial charge in [0.05, 0.1) is 35.6 Å². The number of amides is 3. The zero-order valence-electron chi connectivity index (χ0n) is 29.8. The lowest BCUT2D eigenvalue weighted by Crippen LogP contribution is -2.46. The van der Waals surface area contributed by atoms with Gasteiger partial charge in [-0.3, -0.25) is 14.4 Å². The second-order valence-electron chi connectivity index (χ2n) is 13.3. The number of nitrogens with one attached hydrogen (secondary N) is 1. The van der Waals surface area contributed by atoms with Crippen molar-refractivity contribution in [2.75, 3.05) is 25.0 Å². The van der Waals surface area contributed by atoms with Gasteiger partial charge in [-0.25, -0.2) is 4.68 Å². The van der Waals surface area contributed by atoms with E-state index in [0.29, 0.717) is 48.8 Å². The lowest BCUT2D eigenvalue weighted by Gasteiger charge is -2.36. The fourth-order valence-corrected chi connectivity index (χ4v) is 6.55. The standard InChI is InChI=1S/C41H49N5O5/c1-5-7-20-44(21-8-6-2)41(51)37-22-28(3)46(43-37)38-19-18-33(42-39(49)35(29(4)48)23-30-14-10-9-11-15-30)25-36(38)40(50)45-26-32-17-13-12-16-31(32)24-34(45)27-47/h9-19,22,25,34-35,47-48H,4-8,20-21,23-24,26-27H2,1-3H3,(H,42,49)/t34-,35?/m0/s1. The summed E-state index contributed by atoms with van der Waals surface area (Å²) in [5.41, 5.74) is 4.92. The topological polar surface area (TPSA) is 128 Å². The normalized spacial score (nSPS) is 14.4. The zero-order chi connectivity index (χ0) is 36.5. The summed E-state index contributed by atoms with van der Waals surface area (Å²) in [7, 11) is 0. The van der Waals surface area contributed by atoms with Crippen molar-refractivity contribution in [3.8, 4) is 5.69 Å². The largest absolute Gasteiger partial charge is 0.512 e. The maximum Gasteiger partial charge on any atom is 0.274 e. The first-order valence-corrected chi connectivity index (χ1v) is 17.9. The van der Waals surface area contributed by atoms with Crippen LogP contribution in [0.5, 0.6) is 0 Å². The van der Waals surface area contributed by atoms with E-state index in [2.05, 4.69) is 25.7 Å². The number of benzene rings is 3. The molecule has 1 aliphatic rings. The second-order valence-corrected chi connectivity index (χ2v) is 13.3. The Morgan fingerprint density at radius 3 is 2.27 bits per heavy atom. The van der Waals surface area contributed by atoms with E-state index in [4.69, 9.17) is 5.10 Å². The number of rotatable bonds is 15. The lowest BCUT2D eigenvalue weighted by molar-refractivity contribution is -0.119. The highest BCUT2D eigenvalue weighted by Gasteiger charge is 2.32. The molecule has 3 amide bonds. The number of aromatic nitrogens is 2. The second kappa shape index (κ2) is 17.1. The molecule has 1 unspecified atom stereocenters. The quantitative estimate of drug-likeness (QED) is 0.120. The number of hydrogen-bond acceptors (Lipinski definition) is 6. The van der Waals surface area contributed by atoms with Gasteiger partial charge in [0.15, 0.2) is 5.69 Å². The van der Waals surface area contributed by atoms with Crippen LogP contribution in [0.1, 0.15) is 82.8 Å². The molecule has 3 N–H and O–H groups in total. The molecule has 10 nitrogen and oxygen atoms in total. The first-order chi connectivity index (χ1) is 24.6. The average molecular weight is 692 g/mol. The van der Waals surface area contributed by atoms with Crippen molar-refractivity contribution in [2.24, 2.45) is 5.92 Å². The Kier molecular flexibility index (Phi) is 12.4. The zero-order valence-corrected chi connectivity index (χ0v) is 29.8. The van der Waals surface area contributed by atoms with E-state index in [1.54, 1.807) is 33.8 Å². The third-order valence-electron chi connectivity index (χ3n) is 9.51. The highest BCUT2D eigenvalue weighted by Crippen LogP contribution is 2.29. The van der Waals surface area contributed by atoms with Gasteiger partial charge in [0.1, 0.15) is 0 Å². The predicted molar refractivity (Wildman–Crippen MR) is 199 cm³/mol. The molecule has 51 heavy (non-hydrogen) atoms. The van der Waals surface area contributed by atoms with Crippen LogP contribution < -0.4 is 5.32 Å². The number of anilines is 1. The average Bonchev–Trinajstić information content (AvgIpc) is 3.53. The molecule has 2 heterocycles. The van der Waals surface area contributed by atoms with Crippen LogP contribution in [-0.4, -0.2) is 73.3 Å². The molecule has 10 heteroatoms. The van der Waals surface area contributed by atoms with Gasteiger partial charge in [0.2, 0.25) is 5.91 Å². The molecule has 0 fully saturated rings. The summed E-state index contributed by atoms with van der Waals surface area (Å²) in [5.74, 6) is -2.17. The van der Waals surface area contributed by atoms with Gasteiger partial charge in [-0.05, 0) is 73.6 Å². The van der Waals surface area contributed by atoms with Gasteiger partial charge in [0.25, 0.3) is 11.8 Å². The van der Waals surface area contributed by atoms with Crippen LogP contribution >= 0.6 is 0 Å². The summed E-state index contributed by atoms with van der Waals surface area (Å²) >= 11 is 0. The van der Waals surface area contributed by atoms with Crippen molar-refractivity contribution in [3.05, 3.63) is 125 Å². The summed E-state index contributed by atoms with van der Waals surface area (Å²) in [4.78, 5) is 45.4. The summed E-state index contributed by atoms with van der Waals surface area (Å²) in [6.45, 7) is 11.0. The minimum absolute atomic E-state index is 0.155. The van der Waals surface area contributed by atoms with Crippen LogP contribution in [0.2, 0.25) is 0 Å². The van der Waals surface area contributed by atoms with Gasteiger partial charge in [-0.1, -0.05) is 87.9 Å². The molecule has 0 bridgehead atoms. The molecule has 0 spiro atoms. The first-order valence-electron chi connectivity index (χ1n) is 17.9. The SMILES string of the molecule is C=C(O)C(Cc1ccccc1)C(=O)Nc1ccc(-n2nc(C(=O)N(CCCC)CCCC)cc2C)c(C(=O)N2Cc3ccccc3C[C@H]2CO)c1. The van der Waals surface area contributed by atoms with Crippen LogP contribution in [0.3, 0.4) is 0 Å². The maximum absolute atomic E-state index is 14.6. The fourth-order valence-electron chi connectivity index (χ4n) is 6.55. The summed E-state index contributed by atoms with van der Waals surface area (Å²) in [6, 6.07) is 23.5. The van der Waals surface area contributed by atoms with E-state index in [1.807, 2.05) is 66.4 Å². The molecule has 0 radical (unpaired) electrons. The Labute approximate surface area is 300 Å². The first kappa shape index (κ1) is 37.0. The van der Waals surface area contributed by atoms with E-state index in [1.165, 1.54) is 0 Å². The molecule has 0 aliphatic carbocycles. The number of nitrogens with zero attached hydrogens (tertiary/aromatic N) is 4. The van der Waals surface area contributed by atoms with Gasteiger partial charge in [-0.2, -0.15) is 5.10 Å². The van der Waals surface area contributed by atoms with Gasteiger partial charge in [-0.15, -0.1) is 0 Å². The molecule has 0 saturated heterocycles. The van der Waals surface area contributed by atoms with Crippen LogP contribution in [-0.2, 0) is 24.2 Å². The Morgan fingerprint density at radius 1 is 0.961 bits per heavy atom. The molecule has 1 aliphatic heterocycles. The molecular weight excluding hydrogens is 642 g/mol. The molecule has 3 aromatic carbocycles. The highest BCUT2D eigenvalue weighted by atomic mass is 16.3. The summed E-state index contributed by atoms with van der Waals surface area (Å²) in [5, 5.41) is 28.4. The molecule has 5 rings (SSSR count). The van der Waals surface area contributed by atoms with E-state index < -0.39 is 17.9 Å². The molecular formula is C41H49N5O5. The summed E-state index contributed by atoms with van der Waals surface area (Å²) in [6.07, 6.45) is 4.45. The van der Waals surface area contributed by atoms with Gasteiger partial charge in [0, 0.05) is 31.0 Å². The molecule has 4 aromatic rings. The van der Waals surface area contributed by atoms with Crippen LogP contribution in [0, 0.1) is 12.8 Å².